The smallest absolute Gasteiger partial charge is 0.164 e. The minimum atomic E-state index is -0.337. The van der Waals surface area contributed by atoms with Crippen molar-refractivity contribution in [3.8, 4) is 11.3 Å². The number of furan rings is 1. The van der Waals surface area contributed by atoms with E-state index in [1.165, 1.54) is 17.0 Å². The molecule has 241 valence electrons. The number of pyridine rings is 1. The molecule has 5 aromatic rings. The molecule has 0 aliphatic carbocycles. The zero-order chi connectivity index (χ0) is 32.3. The zero-order valence-corrected chi connectivity index (χ0v) is 30.7. The molecule has 0 aliphatic rings. The molecule has 0 bridgehead atoms. The second-order valence-electron chi connectivity index (χ2n) is 13.5. The van der Waals surface area contributed by atoms with Crippen molar-refractivity contribution >= 4 is 38.4 Å². The number of rotatable bonds is 8. The van der Waals surface area contributed by atoms with E-state index in [-0.39, 0.29) is 47.9 Å². The second kappa shape index (κ2) is 14.4. The van der Waals surface area contributed by atoms with E-state index in [0.29, 0.717) is 0 Å². The van der Waals surface area contributed by atoms with Gasteiger partial charge in [-0.3, -0.25) is 9.78 Å². The standard InChI is InChI=1S/C25H20NO.C15H28O2.Ir/c1-25(2,3)21-15-17(14-16-8-4-5-9-18(16)21)23-24-20(12-13-27-24)19-10-6-7-11-22(19)26-23;1-7-14(5,8-2)12(16)11-13(17)15(6,9-3)10-4;/h4-13,15H,1-3H3;11,16H,7-10H2,1-6H3;/q-1;;/b;12-11-;. The van der Waals surface area contributed by atoms with Crippen LogP contribution in [0.4, 0.5) is 0 Å². The Morgan fingerprint density at radius 1 is 0.822 bits per heavy atom. The summed E-state index contributed by atoms with van der Waals surface area (Å²) >= 11 is 0. The molecule has 2 heterocycles. The Kier molecular flexibility index (Phi) is 11.6. The number of hydrogen-bond acceptors (Lipinski definition) is 4. The minimum absolute atomic E-state index is 0. The first-order valence-electron chi connectivity index (χ1n) is 16.0. The number of carbonyl (C=O) groups is 1. The van der Waals surface area contributed by atoms with E-state index in [0.717, 1.165) is 64.2 Å². The number of fused-ring (bicyclic) bond motifs is 4. The maximum atomic E-state index is 12.2. The third-order valence-electron chi connectivity index (χ3n) is 9.75. The molecule has 0 unspecified atom stereocenters. The van der Waals surface area contributed by atoms with E-state index in [2.05, 4.69) is 69.3 Å². The molecule has 5 rings (SSSR count). The van der Waals surface area contributed by atoms with E-state index in [4.69, 9.17) is 9.40 Å². The van der Waals surface area contributed by atoms with Crippen LogP contribution in [0.15, 0.2) is 83.2 Å². The first-order valence-corrected chi connectivity index (χ1v) is 16.0. The molecule has 5 heteroatoms. The first-order chi connectivity index (χ1) is 20.8. The molecular formula is C40H48IrNO3-. The van der Waals surface area contributed by atoms with Crippen molar-refractivity contribution in [2.45, 2.75) is 93.4 Å². The van der Waals surface area contributed by atoms with Crippen molar-refractivity contribution in [2.75, 3.05) is 0 Å². The molecule has 0 fully saturated rings. The Morgan fingerprint density at radius 2 is 1.40 bits per heavy atom. The summed E-state index contributed by atoms with van der Waals surface area (Å²) in [6.45, 7) is 18.8. The Bertz CT molecular complexity index is 1800. The van der Waals surface area contributed by atoms with Crippen LogP contribution in [0.1, 0.15) is 93.6 Å². The van der Waals surface area contributed by atoms with Crippen LogP contribution in [0.5, 0.6) is 0 Å². The number of benzene rings is 3. The molecule has 2 aromatic heterocycles. The van der Waals surface area contributed by atoms with Crippen LogP contribution in [0, 0.1) is 16.9 Å². The van der Waals surface area contributed by atoms with Crippen molar-refractivity contribution < 1.29 is 34.4 Å². The summed E-state index contributed by atoms with van der Waals surface area (Å²) in [5.74, 6) is 0.286. The van der Waals surface area contributed by atoms with Gasteiger partial charge in [-0.2, -0.15) is 0 Å². The molecule has 45 heavy (non-hydrogen) atoms. The molecule has 0 saturated heterocycles. The van der Waals surface area contributed by atoms with E-state index < -0.39 is 0 Å². The number of ketones is 1. The third-order valence-corrected chi connectivity index (χ3v) is 9.75. The van der Waals surface area contributed by atoms with Gasteiger partial charge in [0.05, 0.1) is 11.8 Å². The predicted molar refractivity (Wildman–Crippen MR) is 185 cm³/mol. The Balaban J connectivity index is 0.000000270. The van der Waals surface area contributed by atoms with Gasteiger partial charge in [0.2, 0.25) is 0 Å². The Hall–Kier alpha value is -3.27. The fourth-order valence-electron chi connectivity index (χ4n) is 5.52. The summed E-state index contributed by atoms with van der Waals surface area (Å²) in [5, 5.41) is 14.7. The van der Waals surface area contributed by atoms with Gasteiger partial charge in [-0.05, 0) is 43.2 Å². The van der Waals surface area contributed by atoms with Gasteiger partial charge in [0, 0.05) is 53.5 Å². The average Bonchev–Trinajstić information content (AvgIpc) is 3.53. The second-order valence-corrected chi connectivity index (χ2v) is 13.5. The van der Waals surface area contributed by atoms with Gasteiger partial charge in [-0.1, -0.05) is 110 Å². The topological polar surface area (TPSA) is 63.3 Å². The minimum Gasteiger partial charge on any atom is -0.512 e. The molecule has 0 aliphatic heterocycles. The van der Waals surface area contributed by atoms with Crippen molar-refractivity contribution in [2.24, 2.45) is 10.8 Å². The quantitative estimate of drug-likeness (QED) is 0.0967. The summed E-state index contributed by atoms with van der Waals surface area (Å²) in [4.78, 5) is 17.1. The number of para-hydroxylation sites is 1. The van der Waals surface area contributed by atoms with Crippen LogP contribution in [0.25, 0.3) is 43.9 Å². The maximum absolute atomic E-state index is 12.2. The molecular weight excluding hydrogens is 735 g/mol. The molecule has 0 amide bonds. The first kappa shape index (κ1) is 36.2. The maximum Gasteiger partial charge on any atom is 0.164 e. The fourth-order valence-corrected chi connectivity index (χ4v) is 5.52. The summed E-state index contributed by atoms with van der Waals surface area (Å²) in [6, 6.07) is 24.5. The summed E-state index contributed by atoms with van der Waals surface area (Å²) in [5.41, 5.74) is 4.33. The number of aliphatic hydroxyl groups excluding tert-OH is 1. The predicted octanol–water partition coefficient (Wildman–Crippen LogP) is 11.5. The van der Waals surface area contributed by atoms with Crippen molar-refractivity contribution in [3.05, 3.63) is 90.4 Å². The number of aliphatic hydroxyl groups is 1. The van der Waals surface area contributed by atoms with Crippen LogP contribution >= 0.6 is 0 Å². The molecule has 1 radical (unpaired) electrons. The van der Waals surface area contributed by atoms with Gasteiger partial charge < -0.3 is 9.52 Å². The van der Waals surface area contributed by atoms with Crippen LogP contribution < -0.4 is 0 Å². The zero-order valence-electron chi connectivity index (χ0n) is 28.3. The Labute approximate surface area is 282 Å². The van der Waals surface area contributed by atoms with Gasteiger partial charge in [0.15, 0.2) is 5.78 Å². The van der Waals surface area contributed by atoms with Gasteiger partial charge >= 0.3 is 0 Å². The number of nitrogens with zero attached hydrogens (tertiary/aromatic N) is 1. The molecule has 0 spiro atoms. The van der Waals surface area contributed by atoms with E-state index in [9.17, 15) is 9.90 Å². The normalized spacial score (nSPS) is 12.6. The average molecular weight is 783 g/mol. The monoisotopic (exact) mass is 783 g/mol. The Morgan fingerprint density at radius 3 is 2.00 bits per heavy atom. The third kappa shape index (κ3) is 7.42. The summed E-state index contributed by atoms with van der Waals surface area (Å²) < 4.78 is 5.87. The SMILES string of the molecule is CC(C)(C)c1cc(-c2nc3ccccc3c3ccoc23)[c-]c2ccccc12.CCC(C)(CC)C(=O)/C=C(\O)C(C)(CC)CC.[Ir]. The van der Waals surface area contributed by atoms with Crippen LogP contribution in [-0.2, 0) is 30.3 Å². The summed E-state index contributed by atoms with van der Waals surface area (Å²) in [7, 11) is 0. The van der Waals surface area contributed by atoms with Crippen LogP contribution in [0.2, 0.25) is 0 Å². The van der Waals surface area contributed by atoms with Crippen molar-refractivity contribution in [1.29, 1.82) is 0 Å². The van der Waals surface area contributed by atoms with Crippen LogP contribution in [-0.4, -0.2) is 15.9 Å². The largest absolute Gasteiger partial charge is 0.512 e. The molecule has 0 atom stereocenters. The van der Waals surface area contributed by atoms with Crippen molar-refractivity contribution in [3.63, 3.8) is 0 Å². The number of allylic oxidation sites excluding steroid dienone is 2. The van der Waals surface area contributed by atoms with Gasteiger partial charge in [-0.25, -0.2) is 0 Å². The van der Waals surface area contributed by atoms with E-state index in [1.807, 2.05) is 59.7 Å². The number of hydrogen-bond donors (Lipinski definition) is 1. The molecule has 0 saturated carbocycles. The van der Waals surface area contributed by atoms with Gasteiger partial charge in [0.1, 0.15) is 11.3 Å². The van der Waals surface area contributed by atoms with E-state index in [1.54, 1.807) is 6.26 Å². The van der Waals surface area contributed by atoms with E-state index >= 15 is 0 Å². The van der Waals surface area contributed by atoms with Gasteiger partial charge in [-0.15, -0.1) is 29.1 Å². The molecule has 3 aromatic carbocycles. The fraction of sp³-hybridized carbons (Fsp3) is 0.400. The number of carbonyl (C=O) groups excluding carboxylic acids is 1. The number of aromatic nitrogens is 1. The van der Waals surface area contributed by atoms with Crippen molar-refractivity contribution in [1.82, 2.24) is 4.98 Å². The van der Waals surface area contributed by atoms with Crippen LogP contribution in [0.3, 0.4) is 0 Å². The molecule has 4 nitrogen and oxygen atoms in total. The summed E-state index contributed by atoms with van der Waals surface area (Å²) in [6.07, 6.45) is 6.50. The van der Waals surface area contributed by atoms with Gasteiger partial charge in [0.25, 0.3) is 0 Å². The molecule has 1 N–H and O–H groups in total.